The first-order chi connectivity index (χ1) is 6.32. The second kappa shape index (κ2) is 4.61. The highest BCUT2D eigenvalue weighted by atomic mass is 35.5. The number of nitrogens with two attached hydrogens (primary N) is 1. The molecule has 0 aliphatic heterocycles. The van der Waals surface area contributed by atoms with Crippen LogP contribution in [-0.4, -0.2) is 18.8 Å². The Morgan fingerprint density at radius 2 is 1.93 bits per heavy atom. The Morgan fingerprint density at radius 1 is 1.40 bits per heavy atom. The molecule has 0 aromatic heterocycles. The number of rotatable bonds is 2. The number of carbonyl (C=O) groups is 1. The van der Waals surface area contributed by atoms with E-state index in [0.29, 0.717) is 0 Å². The summed E-state index contributed by atoms with van der Waals surface area (Å²) < 4.78 is 30.5. The van der Waals surface area contributed by atoms with Crippen LogP contribution in [0.4, 0.5) is 5.69 Å². The summed E-state index contributed by atoms with van der Waals surface area (Å²) in [6.45, 7) is 1.20. The van der Waals surface area contributed by atoms with Gasteiger partial charge in [-0.2, -0.15) is 8.42 Å². The first-order valence-electron chi connectivity index (χ1n) is 3.70. The Hall–Kier alpha value is -1.11. The summed E-state index contributed by atoms with van der Waals surface area (Å²) in [4.78, 5) is 10.6. The predicted octanol–water partition coefficient (Wildman–Crippen LogP) is 1.14. The van der Waals surface area contributed by atoms with Crippen LogP contribution >= 0.6 is 12.4 Å². The molecule has 1 aromatic carbocycles. The topological polar surface area (TPSA) is 97.5 Å². The Morgan fingerprint density at radius 3 is 2.33 bits per heavy atom. The molecule has 0 aliphatic carbocycles. The summed E-state index contributed by atoms with van der Waals surface area (Å²) >= 11 is 0. The van der Waals surface area contributed by atoms with Gasteiger partial charge in [-0.3, -0.25) is 9.35 Å². The third-order valence-corrected chi connectivity index (χ3v) is 2.57. The molecule has 0 bridgehead atoms. The van der Waals surface area contributed by atoms with E-state index < -0.39 is 20.8 Å². The van der Waals surface area contributed by atoms with Crippen molar-refractivity contribution in [3.05, 3.63) is 23.8 Å². The minimum atomic E-state index is -4.37. The van der Waals surface area contributed by atoms with Gasteiger partial charge in [0.2, 0.25) is 0 Å². The van der Waals surface area contributed by atoms with Gasteiger partial charge in [0.15, 0.2) is 5.78 Å². The predicted molar refractivity (Wildman–Crippen MR) is 57.9 cm³/mol. The van der Waals surface area contributed by atoms with E-state index in [1.807, 2.05) is 0 Å². The SMILES string of the molecule is CC(=O)c1cc(N)ccc1S(=O)(=O)O.Cl. The number of anilines is 1. The lowest BCUT2D eigenvalue weighted by molar-refractivity contribution is 0.101. The molecule has 0 radical (unpaired) electrons. The molecule has 0 atom stereocenters. The second-order valence-corrected chi connectivity index (χ2v) is 4.18. The van der Waals surface area contributed by atoms with Crippen molar-refractivity contribution in [3.63, 3.8) is 0 Å². The van der Waals surface area contributed by atoms with Gasteiger partial charge < -0.3 is 5.73 Å². The number of nitrogen functional groups attached to an aromatic ring is 1. The van der Waals surface area contributed by atoms with Gasteiger partial charge in [-0.05, 0) is 25.1 Å². The fourth-order valence-electron chi connectivity index (χ4n) is 1.05. The zero-order valence-corrected chi connectivity index (χ0v) is 9.43. The molecule has 1 rings (SSSR count). The van der Waals surface area contributed by atoms with Gasteiger partial charge in [0.05, 0.1) is 0 Å². The summed E-state index contributed by atoms with van der Waals surface area (Å²) in [7, 11) is -4.37. The third-order valence-electron chi connectivity index (χ3n) is 1.66. The average Bonchev–Trinajstić information content (AvgIpc) is 2.01. The number of hydrogen-bond donors (Lipinski definition) is 2. The molecular weight excluding hydrogens is 242 g/mol. The summed E-state index contributed by atoms with van der Waals surface area (Å²) in [5, 5.41) is 0. The quantitative estimate of drug-likeness (QED) is 0.467. The van der Waals surface area contributed by atoms with Gasteiger partial charge in [0.1, 0.15) is 4.90 Å². The molecule has 0 saturated heterocycles. The fraction of sp³-hybridized carbons (Fsp3) is 0.125. The average molecular weight is 252 g/mol. The van der Waals surface area contributed by atoms with E-state index in [4.69, 9.17) is 10.3 Å². The molecule has 3 N–H and O–H groups in total. The lowest BCUT2D eigenvalue weighted by Crippen LogP contribution is -2.07. The van der Waals surface area contributed by atoms with E-state index in [2.05, 4.69) is 0 Å². The molecule has 0 fully saturated rings. The summed E-state index contributed by atoms with van der Waals surface area (Å²) in [6.07, 6.45) is 0. The maximum atomic E-state index is 11.0. The molecule has 0 saturated carbocycles. The number of halogens is 1. The molecule has 1 aromatic rings. The number of ketones is 1. The maximum Gasteiger partial charge on any atom is 0.295 e. The van der Waals surface area contributed by atoms with Crippen LogP contribution in [0.2, 0.25) is 0 Å². The Balaban J connectivity index is 0.00000196. The van der Waals surface area contributed by atoms with Crippen molar-refractivity contribution in [3.8, 4) is 0 Å². The lowest BCUT2D eigenvalue weighted by atomic mass is 10.1. The molecular formula is C8H10ClNO4S. The smallest absolute Gasteiger partial charge is 0.295 e. The van der Waals surface area contributed by atoms with Crippen molar-refractivity contribution in [1.29, 1.82) is 0 Å². The van der Waals surface area contributed by atoms with E-state index in [-0.39, 0.29) is 23.7 Å². The van der Waals surface area contributed by atoms with Gasteiger partial charge in [0.25, 0.3) is 10.1 Å². The lowest BCUT2D eigenvalue weighted by Gasteiger charge is -2.04. The van der Waals surface area contributed by atoms with Crippen LogP contribution in [0.3, 0.4) is 0 Å². The molecule has 84 valence electrons. The largest absolute Gasteiger partial charge is 0.399 e. The monoisotopic (exact) mass is 251 g/mol. The van der Waals surface area contributed by atoms with Gasteiger partial charge in [0, 0.05) is 11.3 Å². The van der Waals surface area contributed by atoms with E-state index in [1.165, 1.54) is 19.1 Å². The van der Waals surface area contributed by atoms with Crippen LogP contribution in [-0.2, 0) is 10.1 Å². The van der Waals surface area contributed by atoms with Gasteiger partial charge in [-0.1, -0.05) is 0 Å². The standard InChI is InChI=1S/C8H9NO4S.ClH/c1-5(10)7-4-6(9)2-3-8(7)14(11,12)13;/h2-4H,9H2,1H3,(H,11,12,13);1H. The van der Waals surface area contributed by atoms with Crippen LogP contribution in [0.15, 0.2) is 23.1 Å². The third kappa shape index (κ3) is 3.19. The Bertz CT molecular complexity index is 483. The highest BCUT2D eigenvalue weighted by Crippen LogP contribution is 2.18. The number of benzene rings is 1. The normalized spacial score (nSPS) is 10.5. The van der Waals surface area contributed by atoms with E-state index in [1.54, 1.807) is 0 Å². The van der Waals surface area contributed by atoms with Crippen molar-refractivity contribution in [2.24, 2.45) is 0 Å². The molecule has 0 spiro atoms. The molecule has 0 aliphatic rings. The van der Waals surface area contributed by atoms with E-state index in [0.717, 1.165) is 6.07 Å². The Kier molecular flexibility index (Phi) is 4.27. The zero-order valence-electron chi connectivity index (χ0n) is 7.80. The molecule has 0 unspecified atom stereocenters. The minimum absolute atomic E-state index is 0. The molecule has 0 heterocycles. The molecule has 15 heavy (non-hydrogen) atoms. The highest BCUT2D eigenvalue weighted by molar-refractivity contribution is 7.86. The van der Waals surface area contributed by atoms with Crippen molar-refractivity contribution < 1.29 is 17.8 Å². The first-order valence-corrected chi connectivity index (χ1v) is 5.14. The molecule has 0 amide bonds. The molecule has 5 nitrogen and oxygen atoms in total. The van der Waals surface area contributed by atoms with Gasteiger partial charge in [-0.25, -0.2) is 0 Å². The van der Waals surface area contributed by atoms with Gasteiger partial charge in [-0.15, -0.1) is 12.4 Å². The van der Waals surface area contributed by atoms with Crippen molar-refractivity contribution in [1.82, 2.24) is 0 Å². The fourth-order valence-corrected chi connectivity index (χ4v) is 1.77. The number of hydrogen-bond acceptors (Lipinski definition) is 4. The van der Waals surface area contributed by atoms with Crippen LogP contribution < -0.4 is 5.73 Å². The zero-order chi connectivity index (χ0) is 10.9. The van der Waals surface area contributed by atoms with E-state index >= 15 is 0 Å². The van der Waals surface area contributed by atoms with Crippen molar-refractivity contribution in [2.45, 2.75) is 11.8 Å². The van der Waals surface area contributed by atoms with Crippen LogP contribution in [0.25, 0.3) is 0 Å². The summed E-state index contributed by atoms with van der Waals surface area (Å²) in [5.74, 6) is -0.468. The highest BCUT2D eigenvalue weighted by Gasteiger charge is 2.17. The van der Waals surface area contributed by atoms with Crippen LogP contribution in [0.5, 0.6) is 0 Å². The minimum Gasteiger partial charge on any atom is -0.399 e. The van der Waals surface area contributed by atoms with Crippen molar-refractivity contribution >= 4 is 34.0 Å². The van der Waals surface area contributed by atoms with E-state index in [9.17, 15) is 13.2 Å². The Labute approximate surface area is 93.4 Å². The van der Waals surface area contributed by atoms with Crippen molar-refractivity contribution in [2.75, 3.05) is 5.73 Å². The second-order valence-electron chi connectivity index (χ2n) is 2.79. The van der Waals surface area contributed by atoms with Crippen LogP contribution in [0, 0.1) is 0 Å². The molecule has 7 heteroatoms. The number of carbonyl (C=O) groups excluding carboxylic acids is 1. The summed E-state index contributed by atoms with van der Waals surface area (Å²) in [5.41, 5.74) is 5.54. The van der Waals surface area contributed by atoms with Gasteiger partial charge >= 0.3 is 0 Å². The summed E-state index contributed by atoms with van der Waals surface area (Å²) in [6, 6.07) is 3.61. The van der Waals surface area contributed by atoms with Crippen LogP contribution in [0.1, 0.15) is 17.3 Å². The first kappa shape index (κ1) is 13.9. The number of Topliss-reactive ketones (excluding diaryl/α,β-unsaturated/α-hetero) is 1. The maximum absolute atomic E-state index is 11.0.